The van der Waals surface area contributed by atoms with E-state index < -0.39 is 6.10 Å². The number of carbonyl (C=O) groups is 3. The van der Waals surface area contributed by atoms with Crippen molar-refractivity contribution in [3.05, 3.63) is 24.3 Å². The predicted octanol–water partition coefficient (Wildman–Crippen LogP) is 16.4. The summed E-state index contributed by atoms with van der Waals surface area (Å²) in [5.74, 6) is -0.887. The fraction of sp³-hybridized carbons (Fsp3) is 0.865. The van der Waals surface area contributed by atoms with Crippen LogP contribution in [0.3, 0.4) is 0 Å². The number of allylic oxidation sites excluding steroid dienone is 4. The molecule has 0 aliphatic rings. The van der Waals surface area contributed by atoms with Gasteiger partial charge >= 0.3 is 17.9 Å². The summed E-state index contributed by atoms with van der Waals surface area (Å²) in [5, 5.41) is 0. The third kappa shape index (κ3) is 45.0. The molecule has 0 N–H and O–H groups in total. The van der Waals surface area contributed by atoms with Crippen LogP contribution in [0.1, 0.15) is 271 Å². The van der Waals surface area contributed by atoms with Crippen LogP contribution in [0, 0.1) is 0 Å². The van der Waals surface area contributed by atoms with Crippen LogP contribution in [0.2, 0.25) is 0 Å². The molecule has 0 rings (SSSR count). The number of unbranched alkanes of at least 4 members (excludes halogenated alkanes) is 31. The Morgan fingerprint density at radius 1 is 0.328 bits per heavy atom. The topological polar surface area (TPSA) is 78.9 Å². The van der Waals surface area contributed by atoms with Crippen molar-refractivity contribution in [3.63, 3.8) is 0 Å². The zero-order valence-corrected chi connectivity index (χ0v) is 38.8. The minimum Gasteiger partial charge on any atom is -0.462 e. The van der Waals surface area contributed by atoms with Gasteiger partial charge < -0.3 is 14.2 Å². The van der Waals surface area contributed by atoms with E-state index in [0.29, 0.717) is 19.3 Å². The number of rotatable bonds is 46. The van der Waals surface area contributed by atoms with E-state index in [2.05, 4.69) is 45.1 Å². The summed E-state index contributed by atoms with van der Waals surface area (Å²) in [4.78, 5) is 37.8. The van der Waals surface area contributed by atoms with Crippen LogP contribution in [-0.4, -0.2) is 37.2 Å². The second-order valence-corrected chi connectivity index (χ2v) is 17.1. The number of ether oxygens (including phenoxy) is 3. The highest BCUT2D eigenvalue weighted by Crippen LogP contribution is 2.16. The third-order valence-electron chi connectivity index (χ3n) is 11.1. The van der Waals surface area contributed by atoms with E-state index in [1.54, 1.807) is 0 Å². The van der Waals surface area contributed by atoms with Gasteiger partial charge in [-0.3, -0.25) is 14.4 Å². The zero-order valence-electron chi connectivity index (χ0n) is 38.8. The normalized spacial score (nSPS) is 12.1. The van der Waals surface area contributed by atoms with Crippen LogP contribution in [-0.2, 0) is 28.6 Å². The second kappa shape index (κ2) is 47.6. The minimum atomic E-state index is -0.772. The number of carbonyl (C=O) groups excluding carboxylic acids is 3. The molecule has 0 amide bonds. The van der Waals surface area contributed by atoms with E-state index in [1.165, 1.54) is 141 Å². The summed E-state index contributed by atoms with van der Waals surface area (Å²) in [6, 6.07) is 0. The highest BCUT2D eigenvalue weighted by atomic mass is 16.6. The van der Waals surface area contributed by atoms with Crippen LogP contribution in [0.15, 0.2) is 24.3 Å². The fourth-order valence-corrected chi connectivity index (χ4v) is 7.33. The quantitative estimate of drug-likeness (QED) is 0.0263. The Balaban J connectivity index is 4.20. The molecule has 6 heteroatoms. The average molecular weight is 817 g/mol. The molecule has 0 bridgehead atoms. The predicted molar refractivity (Wildman–Crippen MR) is 247 cm³/mol. The number of hydrogen-bond donors (Lipinski definition) is 0. The van der Waals surface area contributed by atoms with Crippen molar-refractivity contribution in [2.45, 2.75) is 277 Å². The first kappa shape index (κ1) is 55.9. The van der Waals surface area contributed by atoms with Gasteiger partial charge in [0.25, 0.3) is 0 Å². The van der Waals surface area contributed by atoms with Gasteiger partial charge in [0.05, 0.1) is 0 Å². The summed E-state index contributed by atoms with van der Waals surface area (Å²) in [6.45, 7) is 6.52. The third-order valence-corrected chi connectivity index (χ3v) is 11.1. The Hall–Kier alpha value is -2.11. The Morgan fingerprint density at radius 3 is 0.931 bits per heavy atom. The monoisotopic (exact) mass is 817 g/mol. The molecule has 1 atom stereocenters. The lowest BCUT2D eigenvalue weighted by Gasteiger charge is -2.18. The van der Waals surface area contributed by atoms with Gasteiger partial charge in [0.15, 0.2) is 6.10 Å². The molecule has 0 radical (unpaired) electrons. The van der Waals surface area contributed by atoms with E-state index in [4.69, 9.17) is 14.2 Å². The summed E-state index contributed by atoms with van der Waals surface area (Å²) < 4.78 is 16.7. The average Bonchev–Trinajstić information content (AvgIpc) is 3.22. The molecule has 0 aromatic carbocycles. The van der Waals surface area contributed by atoms with Crippen molar-refractivity contribution in [3.8, 4) is 0 Å². The van der Waals surface area contributed by atoms with Crippen LogP contribution < -0.4 is 0 Å². The first-order valence-electron chi connectivity index (χ1n) is 25.3. The fourth-order valence-electron chi connectivity index (χ4n) is 7.33. The van der Waals surface area contributed by atoms with Crippen molar-refractivity contribution in [2.75, 3.05) is 13.2 Å². The lowest BCUT2D eigenvalue weighted by Crippen LogP contribution is -2.30. The van der Waals surface area contributed by atoms with Gasteiger partial charge in [-0.2, -0.15) is 0 Å². The van der Waals surface area contributed by atoms with E-state index in [0.717, 1.165) is 89.9 Å². The van der Waals surface area contributed by atoms with Crippen LogP contribution in [0.5, 0.6) is 0 Å². The van der Waals surface area contributed by atoms with Gasteiger partial charge in [0, 0.05) is 19.3 Å². The van der Waals surface area contributed by atoms with Gasteiger partial charge in [-0.05, 0) is 57.8 Å². The van der Waals surface area contributed by atoms with Gasteiger partial charge in [-0.15, -0.1) is 0 Å². The molecular formula is C52H96O6. The largest absolute Gasteiger partial charge is 0.462 e. The molecule has 1 unspecified atom stereocenters. The summed E-state index contributed by atoms with van der Waals surface area (Å²) in [6.07, 6.45) is 53.2. The summed E-state index contributed by atoms with van der Waals surface area (Å²) in [5.41, 5.74) is 0. The Morgan fingerprint density at radius 2 is 0.603 bits per heavy atom. The van der Waals surface area contributed by atoms with Crippen molar-refractivity contribution < 1.29 is 28.6 Å². The Bertz CT molecular complexity index is 942. The standard InChI is InChI=1S/C52H96O6/c1-4-7-10-13-16-19-22-23-24-25-26-27-28-29-30-31-34-36-39-42-45-51(54)57-48-49(58-52(55)46-43-40-37-33-21-18-15-12-9-6-3)47-56-50(53)44-41-38-35-32-20-17-14-11-8-5-2/h11-12,14-15,49H,4-10,13,16-48H2,1-3H3/b14-11-,15-12-. The molecule has 0 saturated carbocycles. The van der Waals surface area contributed by atoms with E-state index in [-0.39, 0.29) is 31.1 Å². The van der Waals surface area contributed by atoms with Crippen LogP contribution in [0.25, 0.3) is 0 Å². The molecule has 0 spiro atoms. The molecule has 6 nitrogen and oxygen atoms in total. The molecule has 0 heterocycles. The lowest BCUT2D eigenvalue weighted by atomic mass is 10.0. The molecule has 0 aliphatic carbocycles. The second-order valence-electron chi connectivity index (χ2n) is 17.1. The van der Waals surface area contributed by atoms with Crippen molar-refractivity contribution >= 4 is 17.9 Å². The van der Waals surface area contributed by atoms with Crippen molar-refractivity contribution in [1.82, 2.24) is 0 Å². The highest BCUT2D eigenvalue weighted by molar-refractivity contribution is 5.71. The maximum Gasteiger partial charge on any atom is 0.306 e. The first-order valence-corrected chi connectivity index (χ1v) is 25.3. The van der Waals surface area contributed by atoms with Gasteiger partial charge in [-0.1, -0.05) is 218 Å². The maximum absolute atomic E-state index is 12.7. The van der Waals surface area contributed by atoms with E-state index >= 15 is 0 Å². The summed E-state index contributed by atoms with van der Waals surface area (Å²) in [7, 11) is 0. The molecule has 0 aromatic heterocycles. The zero-order chi connectivity index (χ0) is 42.3. The molecule has 0 aromatic rings. The molecule has 58 heavy (non-hydrogen) atoms. The van der Waals surface area contributed by atoms with Crippen molar-refractivity contribution in [1.29, 1.82) is 0 Å². The van der Waals surface area contributed by atoms with Gasteiger partial charge in [0.1, 0.15) is 13.2 Å². The van der Waals surface area contributed by atoms with Crippen LogP contribution >= 0.6 is 0 Å². The number of esters is 3. The molecular weight excluding hydrogens is 721 g/mol. The SMILES string of the molecule is CCC/C=C\CCCCCCCC(=O)OCC(COC(=O)CCCCCCCCCCCCCCCCCCCCCC)OC(=O)CCCCCCC/C=C\CCC. The molecule has 340 valence electrons. The number of hydrogen-bond acceptors (Lipinski definition) is 6. The van der Waals surface area contributed by atoms with E-state index in [9.17, 15) is 14.4 Å². The van der Waals surface area contributed by atoms with Crippen LogP contribution in [0.4, 0.5) is 0 Å². The molecule has 0 aliphatic heterocycles. The smallest absolute Gasteiger partial charge is 0.306 e. The first-order chi connectivity index (χ1) is 28.5. The summed E-state index contributed by atoms with van der Waals surface area (Å²) >= 11 is 0. The lowest BCUT2D eigenvalue weighted by molar-refractivity contribution is -0.167. The highest BCUT2D eigenvalue weighted by Gasteiger charge is 2.19. The molecule has 0 saturated heterocycles. The van der Waals surface area contributed by atoms with Crippen molar-refractivity contribution in [2.24, 2.45) is 0 Å². The maximum atomic E-state index is 12.7. The minimum absolute atomic E-state index is 0.0741. The van der Waals surface area contributed by atoms with Gasteiger partial charge in [0.2, 0.25) is 0 Å². The Labute approximate surface area is 360 Å². The van der Waals surface area contributed by atoms with Gasteiger partial charge in [-0.25, -0.2) is 0 Å². The Kier molecular flexibility index (Phi) is 45.8. The van der Waals surface area contributed by atoms with E-state index in [1.807, 2.05) is 0 Å². The molecule has 0 fully saturated rings.